The maximum atomic E-state index is 5.40. The zero-order chi connectivity index (χ0) is 7.52. The Kier molecular flexibility index (Phi) is 1.77. The molecule has 4 heteroatoms. The minimum Gasteiger partial charge on any atom is -0.462 e. The molecule has 60 valence electrons. The van der Waals surface area contributed by atoms with E-state index in [4.69, 9.17) is 9.47 Å². The highest BCUT2D eigenvalue weighted by atomic mass is 16.7. The van der Waals surface area contributed by atoms with E-state index < -0.39 is 0 Å². The third kappa shape index (κ3) is 1.51. The van der Waals surface area contributed by atoms with Crippen LogP contribution in [0.3, 0.4) is 0 Å². The van der Waals surface area contributed by atoms with Gasteiger partial charge in [-0.1, -0.05) is 0 Å². The fourth-order valence-corrected chi connectivity index (χ4v) is 1.10. The Morgan fingerprint density at radius 2 is 2.73 bits per heavy atom. The van der Waals surface area contributed by atoms with Crippen LogP contribution in [0.4, 0.5) is 0 Å². The Balaban J connectivity index is 1.90. The van der Waals surface area contributed by atoms with Crippen LogP contribution in [0.1, 0.15) is 12.8 Å². The van der Waals surface area contributed by atoms with E-state index >= 15 is 0 Å². The summed E-state index contributed by atoms with van der Waals surface area (Å²) in [6.45, 7) is 0.808. The maximum absolute atomic E-state index is 5.40. The second kappa shape index (κ2) is 2.92. The molecule has 1 fully saturated rings. The molecule has 1 aliphatic heterocycles. The van der Waals surface area contributed by atoms with E-state index in [1.807, 2.05) is 0 Å². The van der Waals surface area contributed by atoms with Crippen molar-refractivity contribution >= 4 is 0 Å². The third-order valence-electron chi connectivity index (χ3n) is 1.63. The number of H-pyrrole nitrogens is 1. The van der Waals surface area contributed by atoms with Gasteiger partial charge in [-0.2, -0.15) is 5.10 Å². The van der Waals surface area contributed by atoms with Crippen molar-refractivity contribution in [3.8, 4) is 5.75 Å². The summed E-state index contributed by atoms with van der Waals surface area (Å²) in [7, 11) is 0. The van der Waals surface area contributed by atoms with E-state index in [1.54, 1.807) is 12.4 Å². The number of aromatic amines is 1. The van der Waals surface area contributed by atoms with Crippen LogP contribution in [0.2, 0.25) is 0 Å². The number of hydrogen-bond donors (Lipinski definition) is 1. The van der Waals surface area contributed by atoms with E-state index in [1.165, 1.54) is 0 Å². The summed E-state index contributed by atoms with van der Waals surface area (Å²) in [5.74, 6) is 0.747. The van der Waals surface area contributed by atoms with Crippen molar-refractivity contribution in [3.05, 3.63) is 12.4 Å². The van der Waals surface area contributed by atoms with Gasteiger partial charge in [-0.25, -0.2) is 0 Å². The monoisotopic (exact) mass is 154 g/mol. The number of nitrogens with zero attached hydrogens (tertiary/aromatic N) is 1. The molecular formula is C7H10N2O2. The Morgan fingerprint density at radius 3 is 3.36 bits per heavy atom. The van der Waals surface area contributed by atoms with Crippen molar-refractivity contribution in [2.24, 2.45) is 0 Å². The van der Waals surface area contributed by atoms with Crippen molar-refractivity contribution in [1.29, 1.82) is 0 Å². The van der Waals surface area contributed by atoms with Gasteiger partial charge in [-0.3, -0.25) is 5.10 Å². The molecule has 0 bridgehead atoms. The van der Waals surface area contributed by atoms with Gasteiger partial charge in [0, 0.05) is 6.42 Å². The summed E-state index contributed by atoms with van der Waals surface area (Å²) < 4.78 is 10.7. The second-order valence-corrected chi connectivity index (χ2v) is 2.49. The number of hydrogen-bond acceptors (Lipinski definition) is 3. The number of rotatable bonds is 2. The van der Waals surface area contributed by atoms with Crippen molar-refractivity contribution in [3.63, 3.8) is 0 Å². The van der Waals surface area contributed by atoms with Crippen LogP contribution in [0, 0.1) is 0 Å². The average molecular weight is 154 g/mol. The van der Waals surface area contributed by atoms with E-state index in [-0.39, 0.29) is 6.29 Å². The second-order valence-electron chi connectivity index (χ2n) is 2.49. The summed E-state index contributed by atoms with van der Waals surface area (Å²) in [5, 5.41) is 6.43. The highest BCUT2D eigenvalue weighted by molar-refractivity contribution is 5.10. The first-order valence-electron chi connectivity index (χ1n) is 3.72. The van der Waals surface area contributed by atoms with Gasteiger partial charge in [0.2, 0.25) is 0 Å². The maximum Gasteiger partial charge on any atom is 0.200 e. The summed E-state index contributed by atoms with van der Waals surface area (Å²) >= 11 is 0. The first-order valence-corrected chi connectivity index (χ1v) is 3.72. The first-order chi connectivity index (χ1) is 5.45. The van der Waals surface area contributed by atoms with E-state index in [0.29, 0.717) is 0 Å². The van der Waals surface area contributed by atoms with Gasteiger partial charge < -0.3 is 9.47 Å². The zero-order valence-corrected chi connectivity index (χ0v) is 6.12. The molecule has 1 aromatic heterocycles. The lowest BCUT2D eigenvalue weighted by Crippen LogP contribution is -2.13. The molecule has 0 spiro atoms. The predicted octanol–water partition coefficient (Wildman–Crippen LogP) is 0.925. The third-order valence-corrected chi connectivity index (χ3v) is 1.63. The molecule has 1 atom stereocenters. The normalized spacial score (nSPS) is 23.8. The van der Waals surface area contributed by atoms with Gasteiger partial charge in [0.15, 0.2) is 12.0 Å². The van der Waals surface area contributed by atoms with E-state index in [2.05, 4.69) is 10.2 Å². The molecule has 0 radical (unpaired) electrons. The number of nitrogens with one attached hydrogen (secondary N) is 1. The van der Waals surface area contributed by atoms with Crippen LogP contribution in [0.25, 0.3) is 0 Å². The lowest BCUT2D eigenvalue weighted by molar-refractivity contribution is -0.0390. The van der Waals surface area contributed by atoms with Gasteiger partial charge in [0.05, 0.1) is 19.0 Å². The van der Waals surface area contributed by atoms with Crippen LogP contribution < -0.4 is 4.74 Å². The topological polar surface area (TPSA) is 47.1 Å². The molecule has 1 aliphatic rings. The Morgan fingerprint density at radius 1 is 1.73 bits per heavy atom. The molecule has 2 rings (SSSR count). The molecule has 1 aromatic rings. The summed E-state index contributed by atoms with van der Waals surface area (Å²) in [4.78, 5) is 0. The molecular weight excluding hydrogens is 144 g/mol. The zero-order valence-electron chi connectivity index (χ0n) is 6.12. The van der Waals surface area contributed by atoms with Crippen LogP contribution >= 0.6 is 0 Å². The van der Waals surface area contributed by atoms with Gasteiger partial charge >= 0.3 is 0 Å². The lowest BCUT2D eigenvalue weighted by Gasteiger charge is -2.09. The highest BCUT2D eigenvalue weighted by Gasteiger charge is 2.16. The minimum atomic E-state index is -0.0624. The highest BCUT2D eigenvalue weighted by Crippen LogP contribution is 2.16. The molecule has 0 aromatic carbocycles. The van der Waals surface area contributed by atoms with Gasteiger partial charge in [0.25, 0.3) is 0 Å². The van der Waals surface area contributed by atoms with Gasteiger partial charge in [-0.05, 0) is 6.42 Å². The van der Waals surface area contributed by atoms with Crippen LogP contribution in [-0.2, 0) is 4.74 Å². The summed E-state index contributed by atoms with van der Waals surface area (Å²) in [6.07, 6.45) is 5.35. The minimum absolute atomic E-state index is 0.0624. The first kappa shape index (κ1) is 6.67. The van der Waals surface area contributed by atoms with Crippen molar-refractivity contribution < 1.29 is 9.47 Å². The van der Waals surface area contributed by atoms with Gasteiger partial charge in [0.1, 0.15) is 0 Å². The van der Waals surface area contributed by atoms with Crippen molar-refractivity contribution in [2.75, 3.05) is 6.61 Å². The predicted molar refractivity (Wildman–Crippen MR) is 38.2 cm³/mol. The van der Waals surface area contributed by atoms with E-state index in [9.17, 15) is 0 Å². The SMILES string of the molecule is c1n[nH]cc1OC1CCCO1. The van der Waals surface area contributed by atoms with Crippen LogP contribution in [0.5, 0.6) is 5.75 Å². The van der Waals surface area contributed by atoms with Crippen LogP contribution in [-0.4, -0.2) is 23.1 Å². The molecule has 1 saturated heterocycles. The molecule has 0 amide bonds. The largest absolute Gasteiger partial charge is 0.462 e. The Bertz CT molecular complexity index is 204. The molecule has 0 aliphatic carbocycles. The quantitative estimate of drug-likeness (QED) is 0.689. The van der Waals surface area contributed by atoms with Crippen LogP contribution in [0.15, 0.2) is 12.4 Å². The molecule has 11 heavy (non-hydrogen) atoms. The van der Waals surface area contributed by atoms with E-state index in [0.717, 1.165) is 25.2 Å². The lowest BCUT2D eigenvalue weighted by atomic mass is 10.4. The smallest absolute Gasteiger partial charge is 0.200 e. The Labute approximate surface area is 64.5 Å². The standard InChI is InChI=1S/C7H10N2O2/c1-2-7(10-3-1)11-6-4-8-9-5-6/h4-5,7H,1-3H2,(H,8,9). The molecule has 4 nitrogen and oxygen atoms in total. The number of aromatic nitrogens is 2. The van der Waals surface area contributed by atoms with Gasteiger partial charge in [-0.15, -0.1) is 0 Å². The Hall–Kier alpha value is -1.03. The average Bonchev–Trinajstić information content (AvgIpc) is 2.60. The number of ether oxygens (including phenoxy) is 2. The van der Waals surface area contributed by atoms with Crippen molar-refractivity contribution in [2.45, 2.75) is 19.1 Å². The molecule has 1 N–H and O–H groups in total. The summed E-state index contributed by atoms with van der Waals surface area (Å²) in [5.41, 5.74) is 0. The summed E-state index contributed by atoms with van der Waals surface area (Å²) in [6, 6.07) is 0. The molecule has 0 saturated carbocycles. The fourth-order valence-electron chi connectivity index (χ4n) is 1.10. The van der Waals surface area contributed by atoms with Crippen molar-refractivity contribution in [1.82, 2.24) is 10.2 Å². The molecule has 2 heterocycles. The fraction of sp³-hybridized carbons (Fsp3) is 0.571. The molecule has 1 unspecified atom stereocenters.